The second kappa shape index (κ2) is 5.69. The predicted octanol–water partition coefficient (Wildman–Crippen LogP) is 2.52. The summed E-state index contributed by atoms with van der Waals surface area (Å²) in [5, 5.41) is -0.0280. The van der Waals surface area contributed by atoms with Crippen LogP contribution < -0.4 is 4.72 Å². The summed E-state index contributed by atoms with van der Waals surface area (Å²) in [6.07, 6.45) is 1.45. The van der Waals surface area contributed by atoms with Crippen molar-refractivity contribution >= 4 is 21.6 Å². The van der Waals surface area contributed by atoms with Crippen molar-refractivity contribution < 1.29 is 8.42 Å². The first kappa shape index (κ1) is 14.0. The van der Waals surface area contributed by atoms with Gasteiger partial charge in [0.05, 0.1) is 0 Å². The maximum atomic E-state index is 12.1. The summed E-state index contributed by atoms with van der Waals surface area (Å²) in [7, 11) is -3.65. The number of aromatic nitrogens is 1. The fourth-order valence-electron chi connectivity index (χ4n) is 1.63. The van der Waals surface area contributed by atoms with Crippen molar-refractivity contribution in [1.82, 2.24) is 9.71 Å². The van der Waals surface area contributed by atoms with Crippen LogP contribution in [0.5, 0.6) is 0 Å². The van der Waals surface area contributed by atoms with Gasteiger partial charge < -0.3 is 0 Å². The predicted molar refractivity (Wildman–Crippen MR) is 74.5 cm³/mol. The highest BCUT2D eigenvalue weighted by molar-refractivity contribution is 7.89. The number of nitrogens with zero attached hydrogens (tertiary/aromatic N) is 1. The van der Waals surface area contributed by atoms with Crippen LogP contribution in [0.4, 0.5) is 0 Å². The minimum Gasteiger partial charge on any atom is -0.243 e. The highest BCUT2D eigenvalue weighted by atomic mass is 35.5. The maximum absolute atomic E-state index is 12.1. The number of nitrogens with one attached hydrogen (secondary N) is 1. The third-order valence-electron chi connectivity index (χ3n) is 2.73. The molecule has 0 bridgehead atoms. The van der Waals surface area contributed by atoms with Gasteiger partial charge in [-0.3, -0.25) is 0 Å². The van der Waals surface area contributed by atoms with Gasteiger partial charge >= 0.3 is 0 Å². The van der Waals surface area contributed by atoms with Crippen molar-refractivity contribution in [2.75, 3.05) is 0 Å². The summed E-state index contributed by atoms with van der Waals surface area (Å²) in [4.78, 5) is 3.76. The van der Waals surface area contributed by atoms with Crippen molar-refractivity contribution in [1.29, 1.82) is 0 Å². The molecule has 0 atom stereocenters. The standard InChI is InChI=1S/C13H13ClN2O2S/c1-10-5-2-3-6-11(10)9-16-19(17,18)12-7-4-8-15-13(12)14/h2-8,16H,9H2,1H3. The molecule has 0 unspecified atom stereocenters. The van der Waals surface area contributed by atoms with E-state index < -0.39 is 10.0 Å². The number of hydrogen-bond donors (Lipinski definition) is 1. The molecule has 1 aromatic heterocycles. The minimum atomic E-state index is -3.65. The molecule has 1 aromatic carbocycles. The summed E-state index contributed by atoms with van der Waals surface area (Å²) >= 11 is 5.79. The molecular formula is C13H13ClN2O2S. The molecule has 100 valence electrons. The number of pyridine rings is 1. The van der Waals surface area contributed by atoms with E-state index in [-0.39, 0.29) is 16.6 Å². The smallest absolute Gasteiger partial charge is 0.243 e. The van der Waals surface area contributed by atoms with Crippen LogP contribution in [0.3, 0.4) is 0 Å². The van der Waals surface area contributed by atoms with E-state index in [0.717, 1.165) is 11.1 Å². The lowest BCUT2D eigenvalue weighted by atomic mass is 10.1. The lowest BCUT2D eigenvalue weighted by Gasteiger charge is -2.09. The monoisotopic (exact) mass is 296 g/mol. The van der Waals surface area contributed by atoms with Gasteiger partial charge in [0.25, 0.3) is 0 Å². The molecule has 19 heavy (non-hydrogen) atoms. The summed E-state index contributed by atoms with van der Waals surface area (Å²) in [6.45, 7) is 2.15. The van der Waals surface area contributed by atoms with Gasteiger partial charge in [0.1, 0.15) is 10.0 Å². The van der Waals surface area contributed by atoms with E-state index in [9.17, 15) is 8.42 Å². The van der Waals surface area contributed by atoms with E-state index in [1.54, 1.807) is 0 Å². The minimum absolute atomic E-state index is 0.00903. The van der Waals surface area contributed by atoms with E-state index in [0.29, 0.717) is 0 Å². The molecule has 0 fully saturated rings. The Morgan fingerprint density at radius 3 is 2.63 bits per heavy atom. The quantitative estimate of drug-likeness (QED) is 0.882. The molecule has 2 rings (SSSR count). The van der Waals surface area contributed by atoms with Crippen molar-refractivity contribution in [2.24, 2.45) is 0 Å². The fourth-order valence-corrected chi connectivity index (χ4v) is 3.09. The summed E-state index contributed by atoms with van der Waals surface area (Å²) in [6, 6.07) is 10.5. The first-order valence-electron chi connectivity index (χ1n) is 5.65. The molecule has 6 heteroatoms. The van der Waals surface area contributed by atoms with Crippen LogP contribution in [0.1, 0.15) is 11.1 Å². The fraction of sp³-hybridized carbons (Fsp3) is 0.154. The Kier molecular flexibility index (Phi) is 4.19. The summed E-state index contributed by atoms with van der Waals surface area (Å²) in [5.74, 6) is 0. The molecule has 0 saturated heterocycles. The van der Waals surface area contributed by atoms with Crippen LogP contribution in [0, 0.1) is 6.92 Å². The summed E-state index contributed by atoms with van der Waals surface area (Å²) < 4.78 is 26.7. The van der Waals surface area contributed by atoms with Crippen LogP contribution in [0.15, 0.2) is 47.5 Å². The van der Waals surface area contributed by atoms with Crippen molar-refractivity contribution in [3.63, 3.8) is 0 Å². The highest BCUT2D eigenvalue weighted by Crippen LogP contribution is 2.18. The first-order chi connectivity index (χ1) is 9.00. The SMILES string of the molecule is Cc1ccccc1CNS(=O)(=O)c1cccnc1Cl. The molecule has 2 aromatic rings. The Hall–Kier alpha value is -1.43. The van der Waals surface area contributed by atoms with Gasteiger partial charge in [-0.2, -0.15) is 0 Å². The molecule has 0 aliphatic rings. The molecule has 0 saturated carbocycles. The van der Waals surface area contributed by atoms with E-state index >= 15 is 0 Å². The molecule has 0 amide bonds. The summed E-state index contributed by atoms with van der Waals surface area (Å²) in [5.41, 5.74) is 1.95. The van der Waals surface area contributed by atoms with Gasteiger partial charge in [-0.05, 0) is 30.2 Å². The van der Waals surface area contributed by atoms with Crippen LogP contribution in [-0.4, -0.2) is 13.4 Å². The Bertz CT molecular complexity index is 687. The normalized spacial score (nSPS) is 11.5. The van der Waals surface area contributed by atoms with Gasteiger partial charge in [-0.15, -0.1) is 0 Å². The number of sulfonamides is 1. The number of halogens is 1. The first-order valence-corrected chi connectivity index (χ1v) is 7.51. The van der Waals surface area contributed by atoms with Gasteiger partial charge in [0, 0.05) is 12.7 Å². The molecule has 4 nitrogen and oxygen atoms in total. The zero-order valence-corrected chi connectivity index (χ0v) is 11.9. The largest absolute Gasteiger partial charge is 0.243 e. The van der Waals surface area contributed by atoms with Crippen molar-refractivity contribution in [3.8, 4) is 0 Å². The maximum Gasteiger partial charge on any atom is 0.243 e. The Labute approximate surface area is 117 Å². The van der Waals surface area contributed by atoms with E-state index in [1.807, 2.05) is 31.2 Å². The molecule has 1 N–H and O–H groups in total. The second-order valence-corrected chi connectivity index (χ2v) is 6.14. The third kappa shape index (κ3) is 3.32. The average Bonchev–Trinajstić information content (AvgIpc) is 2.38. The van der Waals surface area contributed by atoms with Crippen molar-refractivity contribution in [2.45, 2.75) is 18.4 Å². The Morgan fingerprint density at radius 1 is 1.21 bits per heavy atom. The van der Waals surface area contributed by atoms with E-state index in [1.165, 1.54) is 18.3 Å². The number of benzene rings is 1. The van der Waals surface area contributed by atoms with Crippen LogP contribution in [-0.2, 0) is 16.6 Å². The lowest BCUT2D eigenvalue weighted by Crippen LogP contribution is -2.24. The van der Waals surface area contributed by atoms with E-state index in [2.05, 4.69) is 9.71 Å². The van der Waals surface area contributed by atoms with Gasteiger partial charge in [-0.1, -0.05) is 35.9 Å². The number of rotatable bonds is 4. The second-order valence-electron chi connectivity index (χ2n) is 4.04. The molecule has 1 heterocycles. The van der Waals surface area contributed by atoms with Crippen molar-refractivity contribution in [3.05, 3.63) is 58.9 Å². The Balaban J connectivity index is 2.20. The molecule has 0 aliphatic carbocycles. The number of aryl methyl sites for hydroxylation is 1. The number of hydrogen-bond acceptors (Lipinski definition) is 3. The molecule has 0 radical (unpaired) electrons. The van der Waals surface area contributed by atoms with Gasteiger partial charge in [-0.25, -0.2) is 18.1 Å². The molecule has 0 aliphatic heterocycles. The van der Waals surface area contributed by atoms with E-state index in [4.69, 9.17) is 11.6 Å². The Morgan fingerprint density at radius 2 is 1.95 bits per heavy atom. The van der Waals surface area contributed by atoms with Gasteiger partial charge in [0.2, 0.25) is 10.0 Å². The van der Waals surface area contributed by atoms with Crippen LogP contribution in [0.25, 0.3) is 0 Å². The third-order valence-corrected chi connectivity index (χ3v) is 4.57. The highest BCUT2D eigenvalue weighted by Gasteiger charge is 2.18. The molecule has 0 spiro atoms. The molecular weight excluding hydrogens is 284 g/mol. The zero-order valence-electron chi connectivity index (χ0n) is 10.3. The van der Waals surface area contributed by atoms with Crippen LogP contribution in [0.2, 0.25) is 5.15 Å². The lowest BCUT2D eigenvalue weighted by molar-refractivity contribution is 0.581. The topological polar surface area (TPSA) is 59.1 Å². The van der Waals surface area contributed by atoms with Gasteiger partial charge in [0.15, 0.2) is 0 Å². The zero-order chi connectivity index (χ0) is 13.9. The average molecular weight is 297 g/mol. The van der Waals surface area contributed by atoms with Crippen LogP contribution >= 0.6 is 11.6 Å².